The van der Waals surface area contributed by atoms with E-state index < -0.39 is 0 Å². The number of unbranched alkanes of at least 4 members (excludes halogenated alkanes) is 1. The van der Waals surface area contributed by atoms with E-state index in [9.17, 15) is 0 Å². The molecule has 0 spiro atoms. The van der Waals surface area contributed by atoms with Crippen LogP contribution in [0.4, 0.5) is 0 Å². The van der Waals surface area contributed by atoms with Gasteiger partial charge < -0.3 is 4.74 Å². The number of hydrogen-bond donors (Lipinski definition) is 0. The molecule has 3 rings (SSSR count). The molecule has 1 radical (unpaired) electrons. The van der Waals surface area contributed by atoms with Crippen molar-refractivity contribution in [2.24, 2.45) is 0 Å². The van der Waals surface area contributed by atoms with Crippen molar-refractivity contribution >= 4 is 21.5 Å². The van der Waals surface area contributed by atoms with E-state index in [0.717, 1.165) is 30.6 Å². The van der Waals surface area contributed by atoms with E-state index in [4.69, 9.17) is 4.74 Å². The molecular weight excluding hydrogens is 232 g/mol. The van der Waals surface area contributed by atoms with Crippen molar-refractivity contribution in [2.45, 2.75) is 19.8 Å². The number of hydrogen-bond acceptors (Lipinski definition) is 1. The third-order valence-electron chi connectivity index (χ3n) is 3.38. The molecule has 0 aliphatic rings. The third kappa shape index (κ3) is 2.41. The molecule has 0 atom stereocenters. The van der Waals surface area contributed by atoms with Gasteiger partial charge in [0.2, 0.25) is 0 Å². The first-order chi connectivity index (χ1) is 9.38. The lowest BCUT2D eigenvalue weighted by Crippen LogP contribution is -1.96. The van der Waals surface area contributed by atoms with Crippen molar-refractivity contribution in [1.82, 2.24) is 0 Å². The van der Waals surface area contributed by atoms with Crippen LogP contribution in [0.1, 0.15) is 19.8 Å². The van der Waals surface area contributed by atoms with Crippen LogP contribution < -0.4 is 4.74 Å². The zero-order valence-electron chi connectivity index (χ0n) is 11.1. The molecule has 0 unspecified atom stereocenters. The number of rotatable bonds is 4. The summed E-state index contributed by atoms with van der Waals surface area (Å²) in [5.74, 6) is 0.977. The molecule has 0 aliphatic carbocycles. The van der Waals surface area contributed by atoms with Crippen molar-refractivity contribution in [3.8, 4) is 5.75 Å². The Kier molecular flexibility index (Phi) is 3.37. The largest absolute Gasteiger partial charge is 0.493 e. The molecule has 0 bridgehead atoms. The molecule has 3 aromatic rings. The van der Waals surface area contributed by atoms with Crippen LogP contribution in [-0.4, -0.2) is 6.61 Å². The van der Waals surface area contributed by atoms with E-state index >= 15 is 0 Å². The molecule has 0 fully saturated rings. The highest BCUT2D eigenvalue weighted by molar-refractivity contribution is 6.00. The lowest BCUT2D eigenvalue weighted by molar-refractivity contribution is 0.313. The van der Waals surface area contributed by atoms with Gasteiger partial charge in [-0.2, -0.15) is 0 Å². The summed E-state index contributed by atoms with van der Waals surface area (Å²) in [6.45, 7) is 2.96. The van der Waals surface area contributed by atoms with Crippen LogP contribution in [-0.2, 0) is 0 Å². The summed E-state index contributed by atoms with van der Waals surface area (Å²) < 4.78 is 5.89. The van der Waals surface area contributed by atoms with E-state index in [2.05, 4.69) is 43.3 Å². The third-order valence-corrected chi connectivity index (χ3v) is 3.38. The van der Waals surface area contributed by atoms with Gasteiger partial charge in [0, 0.05) is 5.39 Å². The first kappa shape index (κ1) is 12.0. The van der Waals surface area contributed by atoms with Gasteiger partial charge >= 0.3 is 0 Å². The van der Waals surface area contributed by atoms with Gasteiger partial charge in [0.25, 0.3) is 0 Å². The summed E-state index contributed by atoms with van der Waals surface area (Å²) in [6.07, 6.45) is 2.25. The quantitative estimate of drug-likeness (QED) is 0.468. The normalized spacial score (nSPS) is 11.0. The van der Waals surface area contributed by atoms with Crippen molar-refractivity contribution in [3.63, 3.8) is 0 Å². The first-order valence-corrected chi connectivity index (χ1v) is 6.84. The Morgan fingerprint density at radius 3 is 2.84 bits per heavy atom. The predicted octanol–water partition coefficient (Wildman–Crippen LogP) is 4.97. The average Bonchev–Trinajstić information content (AvgIpc) is 2.46. The molecule has 0 amide bonds. The van der Waals surface area contributed by atoms with Gasteiger partial charge in [-0.15, -0.1) is 0 Å². The van der Waals surface area contributed by atoms with Crippen LogP contribution in [0.5, 0.6) is 5.75 Å². The van der Waals surface area contributed by atoms with E-state index in [1.54, 1.807) is 0 Å². The van der Waals surface area contributed by atoms with Gasteiger partial charge in [0.05, 0.1) is 6.61 Å². The van der Waals surface area contributed by atoms with Crippen LogP contribution in [0.15, 0.2) is 48.5 Å². The molecule has 0 aromatic heterocycles. The van der Waals surface area contributed by atoms with Gasteiger partial charge in [-0.05, 0) is 46.8 Å². The van der Waals surface area contributed by atoms with E-state index in [0.29, 0.717) is 0 Å². The second-order valence-corrected chi connectivity index (χ2v) is 4.79. The summed E-state index contributed by atoms with van der Waals surface area (Å²) in [6, 6.07) is 20.0. The molecule has 3 aromatic carbocycles. The second-order valence-electron chi connectivity index (χ2n) is 4.79. The summed E-state index contributed by atoms with van der Waals surface area (Å²) in [4.78, 5) is 0. The molecule has 0 aliphatic heterocycles. The Hall–Kier alpha value is -2.02. The van der Waals surface area contributed by atoms with E-state index in [-0.39, 0.29) is 0 Å². The zero-order chi connectivity index (χ0) is 13.1. The van der Waals surface area contributed by atoms with Gasteiger partial charge in [-0.1, -0.05) is 43.7 Å². The number of fused-ring (bicyclic) bond motifs is 2. The first-order valence-electron chi connectivity index (χ1n) is 6.84. The van der Waals surface area contributed by atoms with Crippen LogP contribution in [0.25, 0.3) is 21.5 Å². The minimum absolute atomic E-state index is 0.784. The van der Waals surface area contributed by atoms with E-state index in [1.165, 1.54) is 16.2 Å². The molecular formula is C18H17O. The molecule has 0 heterocycles. The highest BCUT2D eigenvalue weighted by atomic mass is 16.5. The molecule has 0 saturated heterocycles. The Morgan fingerprint density at radius 1 is 1.05 bits per heavy atom. The minimum Gasteiger partial charge on any atom is -0.493 e. The molecule has 1 nitrogen and oxygen atoms in total. The minimum atomic E-state index is 0.784. The maximum Gasteiger partial charge on any atom is 0.127 e. The van der Waals surface area contributed by atoms with Crippen LogP contribution >= 0.6 is 0 Å². The van der Waals surface area contributed by atoms with Crippen LogP contribution in [0.2, 0.25) is 0 Å². The SMILES string of the molecule is CCCCOc1cccc2cc3ccc[c]c3cc12. The molecule has 1 heteroatoms. The molecule has 0 N–H and O–H groups in total. The van der Waals surface area contributed by atoms with Crippen LogP contribution in [0, 0.1) is 6.07 Å². The van der Waals surface area contributed by atoms with Gasteiger partial charge in [-0.25, -0.2) is 0 Å². The maximum absolute atomic E-state index is 5.89. The lowest BCUT2D eigenvalue weighted by Gasteiger charge is -2.10. The summed E-state index contributed by atoms with van der Waals surface area (Å²) in [7, 11) is 0. The Balaban J connectivity index is 2.09. The standard InChI is InChI=1S/C18H17O/c1-2-3-11-19-18-10-6-9-16-12-14-7-4-5-8-15(14)13-17(16)18/h4-7,9-10,12-13H,2-3,11H2,1H3. The number of ether oxygens (including phenoxy) is 1. The summed E-state index contributed by atoms with van der Waals surface area (Å²) >= 11 is 0. The topological polar surface area (TPSA) is 9.23 Å². The van der Waals surface area contributed by atoms with Crippen molar-refractivity contribution in [2.75, 3.05) is 6.61 Å². The highest BCUT2D eigenvalue weighted by Gasteiger charge is 2.03. The fourth-order valence-corrected chi connectivity index (χ4v) is 2.32. The lowest BCUT2D eigenvalue weighted by atomic mass is 10.0. The Morgan fingerprint density at radius 2 is 1.95 bits per heavy atom. The molecule has 19 heavy (non-hydrogen) atoms. The summed E-state index contributed by atoms with van der Waals surface area (Å²) in [5.41, 5.74) is 0. The Labute approximate surface area is 113 Å². The van der Waals surface area contributed by atoms with Gasteiger partial charge in [0.15, 0.2) is 0 Å². The van der Waals surface area contributed by atoms with E-state index in [1.807, 2.05) is 18.2 Å². The summed E-state index contributed by atoms with van der Waals surface area (Å²) in [5, 5.41) is 4.76. The van der Waals surface area contributed by atoms with Crippen molar-refractivity contribution in [1.29, 1.82) is 0 Å². The maximum atomic E-state index is 5.89. The predicted molar refractivity (Wildman–Crippen MR) is 80.7 cm³/mol. The fraction of sp³-hybridized carbons (Fsp3) is 0.222. The van der Waals surface area contributed by atoms with Crippen molar-refractivity contribution < 1.29 is 4.74 Å². The number of benzene rings is 3. The Bertz CT molecular complexity index is 700. The smallest absolute Gasteiger partial charge is 0.127 e. The average molecular weight is 249 g/mol. The fourth-order valence-electron chi connectivity index (χ4n) is 2.32. The van der Waals surface area contributed by atoms with Crippen molar-refractivity contribution in [3.05, 3.63) is 54.6 Å². The molecule has 0 saturated carbocycles. The van der Waals surface area contributed by atoms with Gasteiger partial charge in [0.1, 0.15) is 5.75 Å². The monoisotopic (exact) mass is 249 g/mol. The van der Waals surface area contributed by atoms with Crippen LogP contribution in [0.3, 0.4) is 0 Å². The highest BCUT2D eigenvalue weighted by Crippen LogP contribution is 2.29. The van der Waals surface area contributed by atoms with Gasteiger partial charge in [-0.3, -0.25) is 0 Å². The zero-order valence-corrected chi connectivity index (χ0v) is 11.1. The second kappa shape index (κ2) is 5.31. The molecule has 95 valence electrons.